The molecule has 0 atom stereocenters. The van der Waals surface area contributed by atoms with Crippen molar-refractivity contribution in [2.24, 2.45) is 5.73 Å². The number of nitrogens with zero attached hydrogens (tertiary/aromatic N) is 2. The van der Waals surface area contributed by atoms with Gasteiger partial charge in [0, 0.05) is 39.3 Å². The molecule has 1 aliphatic rings. The Kier molecular flexibility index (Phi) is 4.69. The number of nitrogens with two attached hydrogens (primary N) is 1. The van der Waals surface area contributed by atoms with Crippen molar-refractivity contribution in [1.29, 1.82) is 0 Å². The quantitative estimate of drug-likeness (QED) is 0.878. The van der Waals surface area contributed by atoms with E-state index in [0.717, 1.165) is 50.4 Å². The number of hydrogen-bond donors (Lipinski definition) is 1. The largest absolute Gasteiger partial charge is 0.326 e. The van der Waals surface area contributed by atoms with Crippen LogP contribution < -0.4 is 5.73 Å². The fraction of sp³-hybridized carbons (Fsp3) is 0.571. The van der Waals surface area contributed by atoms with Crippen molar-refractivity contribution in [2.75, 3.05) is 32.7 Å². The molecule has 1 aliphatic heterocycles. The summed E-state index contributed by atoms with van der Waals surface area (Å²) in [7, 11) is 0. The number of benzene rings is 1. The van der Waals surface area contributed by atoms with Gasteiger partial charge in [0.1, 0.15) is 5.82 Å². The summed E-state index contributed by atoms with van der Waals surface area (Å²) in [5.41, 5.74) is 7.47. The first-order valence-electron chi connectivity index (χ1n) is 6.64. The summed E-state index contributed by atoms with van der Waals surface area (Å²) < 4.78 is 13.4. The molecule has 4 heteroatoms. The van der Waals surface area contributed by atoms with Crippen molar-refractivity contribution in [2.45, 2.75) is 20.0 Å². The SMILES string of the molecule is CCN1CCN(Cc2cc(F)cc(CN)c2)CC1. The second-order valence-electron chi connectivity index (χ2n) is 4.88. The molecule has 2 N–H and O–H groups in total. The second-order valence-corrected chi connectivity index (χ2v) is 4.88. The zero-order valence-electron chi connectivity index (χ0n) is 11.0. The van der Waals surface area contributed by atoms with Gasteiger partial charge in [-0.2, -0.15) is 0 Å². The van der Waals surface area contributed by atoms with Crippen LogP contribution in [-0.4, -0.2) is 42.5 Å². The Morgan fingerprint density at radius 2 is 1.67 bits per heavy atom. The van der Waals surface area contributed by atoms with E-state index in [1.807, 2.05) is 6.07 Å². The minimum atomic E-state index is -0.180. The van der Waals surface area contributed by atoms with Crippen LogP contribution in [0.4, 0.5) is 4.39 Å². The van der Waals surface area contributed by atoms with Crippen LogP contribution in [0.1, 0.15) is 18.1 Å². The Morgan fingerprint density at radius 3 is 2.28 bits per heavy atom. The normalized spacial score (nSPS) is 18.2. The van der Waals surface area contributed by atoms with Gasteiger partial charge in [-0.3, -0.25) is 4.90 Å². The van der Waals surface area contributed by atoms with E-state index >= 15 is 0 Å². The van der Waals surface area contributed by atoms with Crippen molar-refractivity contribution >= 4 is 0 Å². The molecule has 3 nitrogen and oxygen atoms in total. The predicted octanol–water partition coefficient (Wildman–Crippen LogP) is 1.42. The number of hydrogen-bond acceptors (Lipinski definition) is 3. The molecule has 0 aliphatic carbocycles. The summed E-state index contributed by atoms with van der Waals surface area (Å²) in [6.07, 6.45) is 0. The van der Waals surface area contributed by atoms with Gasteiger partial charge in [-0.25, -0.2) is 4.39 Å². The highest BCUT2D eigenvalue weighted by Crippen LogP contribution is 2.13. The predicted molar refractivity (Wildman–Crippen MR) is 71.7 cm³/mol. The fourth-order valence-electron chi connectivity index (χ4n) is 2.45. The third-order valence-corrected chi connectivity index (χ3v) is 3.57. The molecule has 0 unspecified atom stereocenters. The van der Waals surface area contributed by atoms with Crippen molar-refractivity contribution in [3.8, 4) is 0 Å². The molecule has 1 aromatic rings. The van der Waals surface area contributed by atoms with E-state index in [2.05, 4.69) is 16.7 Å². The van der Waals surface area contributed by atoms with Crippen LogP contribution in [0.3, 0.4) is 0 Å². The van der Waals surface area contributed by atoms with Crippen LogP contribution >= 0.6 is 0 Å². The van der Waals surface area contributed by atoms with Crippen LogP contribution in [0.5, 0.6) is 0 Å². The molecule has 2 rings (SSSR count). The standard InChI is InChI=1S/C14H22FN3/c1-2-17-3-5-18(6-4-17)11-13-7-12(10-16)8-14(15)9-13/h7-9H,2-6,10-11,16H2,1H3. The Labute approximate surface area is 108 Å². The number of rotatable bonds is 4. The highest BCUT2D eigenvalue weighted by atomic mass is 19.1. The van der Waals surface area contributed by atoms with Crippen molar-refractivity contribution in [3.63, 3.8) is 0 Å². The molecule has 0 bridgehead atoms. The van der Waals surface area contributed by atoms with E-state index in [-0.39, 0.29) is 5.82 Å². The summed E-state index contributed by atoms with van der Waals surface area (Å²) in [5.74, 6) is -0.180. The molecular formula is C14H22FN3. The van der Waals surface area contributed by atoms with E-state index in [1.54, 1.807) is 6.07 Å². The zero-order valence-corrected chi connectivity index (χ0v) is 11.0. The Morgan fingerprint density at radius 1 is 1.06 bits per heavy atom. The molecule has 0 radical (unpaired) electrons. The lowest BCUT2D eigenvalue weighted by molar-refractivity contribution is 0.132. The molecule has 1 aromatic carbocycles. The van der Waals surface area contributed by atoms with E-state index in [4.69, 9.17) is 5.73 Å². The third kappa shape index (κ3) is 3.51. The lowest BCUT2D eigenvalue weighted by atomic mass is 10.1. The number of likely N-dealkylation sites (N-methyl/N-ethyl adjacent to an activating group) is 1. The minimum absolute atomic E-state index is 0.180. The zero-order chi connectivity index (χ0) is 13.0. The van der Waals surface area contributed by atoms with E-state index in [0.29, 0.717) is 6.54 Å². The number of piperazine rings is 1. The van der Waals surface area contributed by atoms with E-state index in [9.17, 15) is 4.39 Å². The maximum Gasteiger partial charge on any atom is 0.123 e. The molecular weight excluding hydrogens is 229 g/mol. The smallest absolute Gasteiger partial charge is 0.123 e. The summed E-state index contributed by atoms with van der Waals surface area (Å²) in [6.45, 7) is 8.85. The first kappa shape index (κ1) is 13.5. The van der Waals surface area contributed by atoms with Crippen molar-refractivity contribution in [1.82, 2.24) is 9.80 Å². The molecule has 0 amide bonds. The first-order chi connectivity index (χ1) is 8.71. The molecule has 0 saturated carbocycles. The fourth-order valence-corrected chi connectivity index (χ4v) is 2.45. The van der Waals surface area contributed by atoms with Gasteiger partial charge in [-0.1, -0.05) is 13.0 Å². The van der Waals surface area contributed by atoms with E-state index in [1.165, 1.54) is 6.07 Å². The maximum absolute atomic E-state index is 13.4. The lowest BCUT2D eigenvalue weighted by Gasteiger charge is -2.34. The molecule has 0 aromatic heterocycles. The van der Waals surface area contributed by atoms with Crippen molar-refractivity contribution in [3.05, 3.63) is 35.1 Å². The van der Waals surface area contributed by atoms with Crippen LogP contribution in [0, 0.1) is 5.82 Å². The van der Waals surface area contributed by atoms with Crippen LogP contribution in [0.25, 0.3) is 0 Å². The topological polar surface area (TPSA) is 32.5 Å². The van der Waals surface area contributed by atoms with Gasteiger partial charge in [-0.05, 0) is 29.8 Å². The first-order valence-corrected chi connectivity index (χ1v) is 6.64. The molecule has 0 spiro atoms. The molecule has 1 fully saturated rings. The van der Waals surface area contributed by atoms with Crippen LogP contribution in [0.15, 0.2) is 18.2 Å². The molecule has 18 heavy (non-hydrogen) atoms. The molecule has 1 saturated heterocycles. The number of halogens is 1. The Hall–Kier alpha value is -0.970. The van der Waals surface area contributed by atoms with Gasteiger partial charge in [0.25, 0.3) is 0 Å². The van der Waals surface area contributed by atoms with Crippen LogP contribution in [-0.2, 0) is 13.1 Å². The average Bonchev–Trinajstić information content (AvgIpc) is 2.39. The summed E-state index contributed by atoms with van der Waals surface area (Å²) in [4.78, 5) is 4.81. The molecule has 1 heterocycles. The van der Waals surface area contributed by atoms with Gasteiger partial charge < -0.3 is 10.6 Å². The van der Waals surface area contributed by atoms with E-state index < -0.39 is 0 Å². The maximum atomic E-state index is 13.4. The highest BCUT2D eigenvalue weighted by molar-refractivity contribution is 5.24. The molecule has 100 valence electrons. The van der Waals surface area contributed by atoms with Gasteiger partial charge >= 0.3 is 0 Å². The van der Waals surface area contributed by atoms with Crippen LogP contribution in [0.2, 0.25) is 0 Å². The second kappa shape index (κ2) is 6.27. The Bertz CT molecular complexity index is 387. The third-order valence-electron chi connectivity index (χ3n) is 3.57. The summed E-state index contributed by atoms with van der Waals surface area (Å²) >= 11 is 0. The monoisotopic (exact) mass is 251 g/mol. The van der Waals surface area contributed by atoms with Crippen molar-refractivity contribution < 1.29 is 4.39 Å². The highest BCUT2D eigenvalue weighted by Gasteiger charge is 2.15. The van der Waals surface area contributed by atoms with Gasteiger partial charge in [-0.15, -0.1) is 0 Å². The summed E-state index contributed by atoms with van der Waals surface area (Å²) in [6, 6.07) is 5.14. The lowest BCUT2D eigenvalue weighted by Crippen LogP contribution is -2.45. The van der Waals surface area contributed by atoms with Gasteiger partial charge in [0.15, 0.2) is 0 Å². The van der Waals surface area contributed by atoms with Gasteiger partial charge in [0.05, 0.1) is 0 Å². The Balaban J connectivity index is 1.95. The average molecular weight is 251 g/mol. The summed E-state index contributed by atoms with van der Waals surface area (Å²) in [5, 5.41) is 0. The van der Waals surface area contributed by atoms with Gasteiger partial charge in [0.2, 0.25) is 0 Å². The minimum Gasteiger partial charge on any atom is -0.326 e.